The largest absolute Gasteiger partial charge is 0.364 e. The van der Waals surface area contributed by atoms with Crippen molar-refractivity contribution in [1.82, 2.24) is 19.9 Å². The van der Waals surface area contributed by atoms with Crippen molar-refractivity contribution < 1.29 is 0 Å². The maximum absolute atomic E-state index is 5.66. The Kier molecular flexibility index (Phi) is 3.26. The van der Waals surface area contributed by atoms with Crippen molar-refractivity contribution in [3.8, 4) is 0 Å². The fraction of sp³-hybridized carbons (Fsp3) is 0.200. The summed E-state index contributed by atoms with van der Waals surface area (Å²) in [5.74, 6) is 0.669. The summed E-state index contributed by atoms with van der Waals surface area (Å²) in [6.07, 6.45) is 5.05. The van der Waals surface area contributed by atoms with E-state index in [1.165, 1.54) is 0 Å². The minimum Gasteiger partial charge on any atom is -0.364 e. The lowest BCUT2D eigenvalue weighted by Gasteiger charge is -2.04. The van der Waals surface area contributed by atoms with E-state index in [9.17, 15) is 0 Å². The van der Waals surface area contributed by atoms with Crippen molar-refractivity contribution in [2.24, 2.45) is 0 Å². The van der Waals surface area contributed by atoms with Gasteiger partial charge < -0.3 is 5.32 Å². The molecule has 2 aromatic heterocycles. The Bertz CT molecular complexity index is 471. The van der Waals surface area contributed by atoms with Crippen molar-refractivity contribution in [2.45, 2.75) is 13.5 Å². The van der Waals surface area contributed by atoms with Crippen LogP contribution in [-0.2, 0) is 6.54 Å². The second kappa shape index (κ2) is 4.85. The minimum atomic E-state index is 0.222. The van der Waals surface area contributed by atoms with Gasteiger partial charge in [0.15, 0.2) is 0 Å². The zero-order valence-corrected chi connectivity index (χ0v) is 9.44. The summed E-state index contributed by atoms with van der Waals surface area (Å²) in [6.45, 7) is 2.45. The van der Waals surface area contributed by atoms with Gasteiger partial charge in [-0.15, -0.1) is 0 Å². The Morgan fingerprint density at radius 3 is 2.81 bits per heavy atom. The Balaban J connectivity index is 1.99. The Morgan fingerprint density at radius 1 is 1.25 bits per heavy atom. The van der Waals surface area contributed by atoms with Crippen LogP contribution in [0.15, 0.2) is 24.7 Å². The molecule has 0 fully saturated rings. The predicted octanol–water partition coefficient (Wildman–Crippen LogP) is 1.84. The number of nitrogens with one attached hydrogen (secondary N) is 1. The lowest BCUT2D eigenvalue weighted by molar-refractivity contribution is 0.973. The Labute approximate surface area is 98.0 Å². The first kappa shape index (κ1) is 10.8. The van der Waals surface area contributed by atoms with Gasteiger partial charge in [0.2, 0.25) is 5.28 Å². The normalized spacial score (nSPS) is 10.1. The summed E-state index contributed by atoms with van der Waals surface area (Å²) < 4.78 is 0. The van der Waals surface area contributed by atoms with E-state index in [2.05, 4.69) is 25.3 Å². The van der Waals surface area contributed by atoms with Crippen molar-refractivity contribution in [3.05, 3.63) is 41.3 Å². The molecule has 0 aliphatic carbocycles. The molecule has 2 rings (SSSR count). The van der Waals surface area contributed by atoms with Gasteiger partial charge in [-0.3, -0.25) is 9.97 Å². The number of anilines is 1. The van der Waals surface area contributed by atoms with E-state index in [4.69, 9.17) is 11.6 Å². The number of aromatic nitrogens is 4. The fourth-order valence-corrected chi connectivity index (χ4v) is 1.27. The molecule has 0 bridgehead atoms. The molecule has 0 spiro atoms. The van der Waals surface area contributed by atoms with E-state index in [0.29, 0.717) is 12.4 Å². The van der Waals surface area contributed by atoms with E-state index in [1.807, 2.05) is 6.92 Å². The SMILES string of the molecule is Cc1cnc(CNc2ccnc(Cl)n2)cn1. The average molecular weight is 236 g/mol. The van der Waals surface area contributed by atoms with Gasteiger partial charge in [0.1, 0.15) is 5.82 Å². The van der Waals surface area contributed by atoms with Crippen molar-refractivity contribution in [1.29, 1.82) is 0 Å². The molecule has 0 aliphatic rings. The predicted molar refractivity (Wildman–Crippen MR) is 61.1 cm³/mol. The summed E-state index contributed by atoms with van der Waals surface area (Å²) in [4.78, 5) is 16.2. The van der Waals surface area contributed by atoms with Crippen LogP contribution >= 0.6 is 11.6 Å². The van der Waals surface area contributed by atoms with Crippen molar-refractivity contribution in [3.63, 3.8) is 0 Å². The van der Waals surface area contributed by atoms with Crippen LogP contribution < -0.4 is 5.32 Å². The number of halogens is 1. The van der Waals surface area contributed by atoms with Gasteiger partial charge in [-0.1, -0.05) is 0 Å². The molecule has 2 aromatic rings. The third kappa shape index (κ3) is 2.87. The quantitative estimate of drug-likeness (QED) is 0.823. The molecule has 0 aromatic carbocycles. The van der Waals surface area contributed by atoms with E-state index in [-0.39, 0.29) is 5.28 Å². The molecule has 82 valence electrons. The summed E-state index contributed by atoms with van der Waals surface area (Å²) in [7, 11) is 0. The molecule has 0 amide bonds. The van der Waals surface area contributed by atoms with Crippen LogP contribution in [0.3, 0.4) is 0 Å². The minimum absolute atomic E-state index is 0.222. The first-order valence-corrected chi connectivity index (χ1v) is 5.12. The van der Waals surface area contributed by atoms with Gasteiger partial charge in [0.05, 0.1) is 24.1 Å². The Hall–Kier alpha value is -1.75. The molecule has 0 saturated heterocycles. The van der Waals surface area contributed by atoms with Crippen LogP contribution in [0.5, 0.6) is 0 Å². The molecule has 5 nitrogen and oxygen atoms in total. The van der Waals surface area contributed by atoms with E-state index in [1.54, 1.807) is 24.7 Å². The summed E-state index contributed by atoms with van der Waals surface area (Å²) >= 11 is 5.66. The number of hydrogen-bond acceptors (Lipinski definition) is 5. The van der Waals surface area contributed by atoms with E-state index < -0.39 is 0 Å². The van der Waals surface area contributed by atoms with Gasteiger partial charge in [-0.05, 0) is 24.6 Å². The standard InChI is InChI=1S/C10H10ClN5/c1-7-4-14-8(5-13-7)6-15-9-2-3-12-10(11)16-9/h2-5H,6H2,1H3,(H,12,15,16). The van der Waals surface area contributed by atoms with Gasteiger partial charge in [0.25, 0.3) is 0 Å². The summed E-state index contributed by atoms with van der Waals surface area (Å²) in [5.41, 5.74) is 1.74. The van der Waals surface area contributed by atoms with Gasteiger partial charge in [-0.2, -0.15) is 0 Å². The monoisotopic (exact) mass is 235 g/mol. The molecule has 0 saturated carbocycles. The molecule has 6 heteroatoms. The van der Waals surface area contributed by atoms with Crippen molar-refractivity contribution >= 4 is 17.4 Å². The van der Waals surface area contributed by atoms with Gasteiger partial charge in [-0.25, -0.2) is 9.97 Å². The first-order chi connectivity index (χ1) is 7.74. The second-order valence-corrected chi connectivity index (χ2v) is 3.55. The molecule has 2 heterocycles. The maximum atomic E-state index is 5.66. The van der Waals surface area contributed by atoms with E-state index >= 15 is 0 Å². The Morgan fingerprint density at radius 2 is 2.12 bits per heavy atom. The van der Waals surface area contributed by atoms with Gasteiger partial charge in [0, 0.05) is 12.4 Å². The smallest absolute Gasteiger partial charge is 0.224 e. The molecule has 16 heavy (non-hydrogen) atoms. The molecular formula is C10H10ClN5. The first-order valence-electron chi connectivity index (χ1n) is 4.74. The zero-order chi connectivity index (χ0) is 11.4. The maximum Gasteiger partial charge on any atom is 0.224 e. The van der Waals surface area contributed by atoms with Crippen LogP contribution in [0, 0.1) is 6.92 Å². The topological polar surface area (TPSA) is 63.6 Å². The summed E-state index contributed by atoms with van der Waals surface area (Å²) in [6, 6.07) is 1.74. The molecule has 0 atom stereocenters. The highest BCUT2D eigenvalue weighted by molar-refractivity contribution is 6.28. The molecule has 1 N–H and O–H groups in total. The van der Waals surface area contributed by atoms with Crippen LogP contribution in [0.4, 0.5) is 5.82 Å². The molecule has 0 unspecified atom stereocenters. The number of nitrogens with zero attached hydrogens (tertiary/aromatic N) is 4. The third-order valence-corrected chi connectivity index (χ3v) is 2.09. The second-order valence-electron chi connectivity index (χ2n) is 3.21. The van der Waals surface area contributed by atoms with E-state index in [0.717, 1.165) is 11.4 Å². The highest BCUT2D eigenvalue weighted by atomic mass is 35.5. The van der Waals surface area contributed by atoms with Crippen LogP contribution in [0.25, 0.3) is 0 Å². The van der Waals surface area contributed by atoms with Crippen LogP contribution in [-0.4, -0.2) is 19.9 Å². The number of rotatable bonds is 3. The number of aryl methyl sites for hydroxylation is 1. The highest BCUT2D eigenvalue weighted by Crippen LogP contribution is 2.06. The average Bonchev–Trinajstić information content (AvgIpc) is 2.28. The van der Waals surface area contributed by atoms with Crippen LogP contribution in [0.2, 0.25) is 5.28 Å². The number of hydrogen-bond donors (Lipinski definition) is 1. The van der Waals surface area contributed by atoms with Gasteiger partial charge >= 0.3 is 0 Å². The van der Waals surface area contributed by atoms with Crippen LogP contribution in [0.1, 0.15) is 11.4 Å². The highest BCUT2D eigenvalue weighted by Gasteiger charge is 1.98. The lowest BCUT2D eigenvalue weighted by atomic mass is 10.4. The zero-order valence-electron chi connectivity index (χ0n) is 8.68. The lowest BCUT2D eigenvalue weighted by Crippen LogP contribution is -2.04. The fourth-order valence-electron chi connectivity index (χ4n) is 1.13. The third-order valence-electron chi connectivity index (χ3n) is 1.91. The van der Waals surface area contributed by atoms with Crippen molar-refractivity contribution in [2.75, 3.05) is 5.32 Å². The summed E-state index contributed by atoms with van der Waals surface area (Å²) in [5, 5.41) is 3.31. The molecule has 0 radical (unpaired) electrons. The molecule has 0 aliphatic heterocycles. The molecular weight excluding hydrogens is 226 g/mol.